The van der Waals surface area contributed by atoms with Crippen LogP contribution in [-0.2, 0) is 11.2 Å². The van der Waals surface area contributed by atoms with Crippen molar-refractivity contribution in [1.29, 1.82) is 0 Å². The van der Waals surface area contributed by atoms with Crippen LogP contribution in [0, 0.1) is 0 Å². The summed E-state index contributed by atoms with van der Waals surface area (Å²) >= 11 is 0. The Balaban J connectivity index is 1.82. The number of pyridine rings is 1. The molecule has 0 unspecified atom stereocenters. The lowest BCUT2D eigenvalue weighted by Gasteiger charge is -2.17. The van der Waals surface area contributed by atoms with Gasteiger partial charge in [-0.05, 0) is 48.7 Å². The number of amides is 1. The number of ether oxygens (including phenoxy) is 1. The largest absolute Gasteiger partial charge is 0.439 e. The van der Waals surface area contributed by atoms with Gasteiger partial charge in [-0.2, -0.15) is 0 Å². The molecule has 1 aromatic heterocycles. The molecule has 0 bridgehead atoms. The minimum Gasteiger partial charge on any atom is -0.439 e. The summed E-state index contributed by atoms with van der Waals surface area (Å²) in [5, 5.41) is 2.85. The number of nitrogens with zero attached hydrogens (tertiary/aromatic N) is 1. The number of nitrogens with one attached hydrogen (secondary N) is 1. The first kappa shape index (κ1) is 13.6. The molecule has 0 aliphatic carbocycles. The number of benzene rings is 1. The van der Waals surface area contributed by atoms with Crippen LogP contribution in [0.15, 0.2) is 36.5 Å². The Hall–Kier alpha value is -2.40. The Morgan fingerprint density at radius 3 is 2.95 bits per heavy atom. The van der Waals surface area contributed by atoms with Crippen LogP contribution in [0.2, 0.25) is 0 Å². The third-order valence-electron chi connectivity index (χ3n) is 3.48. The van der Waals surface area contributed by atoms with Crippen LogP contribution in [0.1, 0.15) is 30.5 Å². The highest BCUT2D eigenvalue weighted by Crippen LogP contribution is 2.29. The summed E-state index contributed by atoms with van der Waals surface area (Å²) in [5.74, 6) is 1.28. The summed E-state index contributed by atoms with van der Waals surface area (Å²) in [5.41, 5.74) is 8.77. The molecule has 21 heavy (non-hydrogen) atoms. The lowest BCUT2D eigenvalue weighted by atomic mass is 10.0. The third kappa shape index (κ3) is 3.03. The predicted octanol–water partition coefficient (Wildman–Crippen LogP) is 2.78. The lowest BCUT2D eigenvalue weighted by Crippen LogP contribution is -2.18. The number of nitrogens with two attached hydrogens (primary N) is 1. The molecule has 0 saturated carbocycles. The van der Waals surface area contributed by atoms with Gasteiger partial charge in [0.05, 0.1) is 0 Å². The SMILES string of the molecule is C[C@@H](N)c1ccnc(Oc2ccc3c(c2)CCC(=O)N3)c1. The van der Waals surface area contributed by atoms with Crippen molar-refractivity contribution in [3.05, 3.63) is 47.7 Å². The Bertz CT molecular complexity index is 683. The maximum absolute atomic E-state index is 11.3. The standard InChI is InChI=1S/C16H17N3O2/c1-10(17)11-6-7-18-16(9-11)21-13-3-4-14-12(8-13)2-5-15(20)19-14/h3-4,6-10H,2,5,17H2,1H3,(H,19,20)/t10-/m1/s1. The van der Waals surface area contributed by atoms with Gasteiger partial charge in [0.1, 0.15) is 5.75 Å². The second-order valence-corrected chi connectivity index (χ2v) is 5.19. The van der Waals surface area contributed by atoms with E-state index in [0.717, 1.165) is 23.2 Å². The number of hydrogen-bond donors (Lipinski definition) is 2. The van der Waals surface area contributed by atoms with Crippen LogP contribution >= 0.6 is 0 Å². The summed E-state index contributed by atoms with van der Waals surface area (Å²) in [6.45, 7) is 1.92. The summed E-state index contributed by atoms with van der Waals surface area (Å²) in [4.78, 5) is 15.5. The van der Waals surface area contributed by atoms with E-state index in [9.17, 15) is 4.79 Å². The van der Waals surface area contributed by atoms with Gasteiger partial charge in [0.2, 0.25) is 11.8 Å². The van der Waals surface area contributed by atoms with Crippen molar-refractivity contribution in [3.8, 4) is 11.6 Å². The maximum Gasteiger partial charge on any atom is 0.224 e. The molecule has 5 heteroatoms. The molecule has 0 fully saturated rings. The fourth-order valence-electron chi connectivity index (χ4n) is 2.31. The van der Waals surface area contributed by atoms with Gasteiger partial charge in [0.15, 0.2) is 0 Å². The highest BCUT2D eigenvalue weighted by Gasteiger charge is 2.15. The van der Waals surface area contributed by atoms with Crippen molar-refractivity contribution >= 4 is 11.6 Å². The van der Waals surface area contributed by atoms with E-state index in [1.54, 1.807) is 6.20 Å². The molecule has 1 aliphatic heterocycles. The Labute approximate surface area is 123 Å². The van der Waals surface area contributed by atoms with Gasteiger partial charge in [0, 0.05) is 30.4 Å². The van der Waals surface area contributed by atoms with Gasteiger partial charge in [-0.15, -0.1) is 0 Å². The third-order valence-corrected chi connectivity index (χ3v) is 3.48. The number of aromatic nitrogens is 1. The molecule has 1 aliphatic rings. The molecular formula is C16H17N3O2. The first-order chi connectivity index (χ1) is 10.1. The van der Waals surface area contributed by atoms with E-state index in [4.69, 9.17) is 10.5 Å². The monoisotopic (exact) mass is 283 g/mol. The average Bonchev–Trinajstić information content (AvgIpc) is 2.48. The van der Waals surface area contributed by atoms with E-state index < -0.39 is 0 Å². The number of anilines is 1. The van der Waals surface area contributed by atoms with Gasteiger partial charge >= 0.3 is 0 Å². The number of carbonyl (C=O) groups is 1. The zero-order valence-electron chi connectivity index (χ0n) is 11.8. The van der Waals surface area contributed by atoms with Crippen molar-refractivity contribution in [1.82, 2.24) is 4.98 Å². The minimum atomic E-state index is -0.0610. The van der Waals surface area contributed by atoms with Gasteiger partial charge < -0.3 is 15.8 Å². The second kappa shape index (κ2) is 5.54. The number of hydrogen-bond acceptors (Lipinski definition) is 4. The smallest absolute Gasteiger partial charge is 0.224 e. The fourth-order valence-corrected chi connectivity index (χ4v) is 2.31. The molecule has 0 radical (unpaired) electrons. The van der Waals surface area contributed by atoms with Gasteiger partial charge in [-0.1, -0.05) is 0 Å². The first-order valence-electron chi connectivity index (χ1n) is 6.94. The number of rotatable bonds is 3. The Morgan fingerprint density at radius 2 is 2.14 bits per heavy atom. The van der Waals surface area contributed by atoms with Crippen molar-refractivity contribution in [2.24, 2.45) is 5.73 Å². The highest BCUT2D eigenvalue weighted by atomic mass is 16.5. The molecule has 2 heterocycles. The average molecular weight is 283 g/mol. The van der Waals surface area contributed by atoms with Gasteiger partial charge in [-0.3, -0.25) is 4.79 Å². The molecule has 1 aromatic carbocycles. The van der Waals surface area contributed by atoms with E-state index in [2.05, 4.69) is 10.3 Å². The van der Waals surface area contributed by atoms with Crippen molar-refractivity contribution in [2.75, 3.05) is 5.32 Å². The fraction of sp³-hybridized carbons (Fsp3) is 0.250. The highest BCUT2D eigenvalue weighted by molar-refractivity contribution is 5.94. The molecule has 0 saturated heterocycles. The summed E-state index contributed by atoms with van der Waals surface area (Å²) in [7, 11) is 0. The van der Waals surface area contributed by atoms with E-state index in [0.29, 0.717) is 18.1 Å². The molecule has 1 amide bonds. The molecular weight excluding hydrogens is 266 g/mol. The van der Waals surface area contributed by atoms with Crippen LogP contribution in [0.4, 0.5) is 5.69 Å². The van der Waals surface area contributed by atoms with E-state index in [-0.39, 0.29) is 11.9 Å². The number of carbonyl (C=O) groups excluding carboxylic acids is 1. The zero-order valence-corrected chi connectivity index (χ0v) is 11.8. The lowest BCUT2D eigenvalue weighted by molar-refractivity contribution is -0.116. The molecule has 2 aromatic rings. The maximum atomic E-state index is 11.3. The van der Waals surface area contributed by atoms with Crippen LogP contribution in [0.3, 0.4) is 0 Å². The first-order valence-corrected chi connectivity index (χ1v) is 6.94. The van der Waals surface area contributed by atoms with E-state index in [1.807, 2.05) is 37.3 Å². The van der Waals surface area contributed by atoms with Crippen molar-refractivity contribution in [2.45, 2.75) is 25.8 Å². The number of aryl methyl sites for hydroxylation is 1. The second-order valence-electron chi connectivity index (χ2n) is 5.19. The normalized spacial score (nSPS) is 15.0. The predicted molar refractivity (Wildman–Crippen MR) is 80.3 cm³/mol. The van der Waals surface area contributed by atoms with Gasteiger partial charge in [0.25, 0.3) is 0 Å². The molecule has 5 nitrogen and oxygen atoms in total. The molecule has 3 N–H and O–H groups in total. The van der Waals surface area contributed by atoms with Gasteiger partial charge in [-0.25, -0.2) is 4.98 Å². The van der Waals surface area contributed by atoms with Crippen LogP contribution in [0.25, 0.3) is 0 Å². The molecule has 0 spiro atoms. The van der Waals surface area contributed by atoms with Crippen LogP contribution < -0.4 is 15.8 Å². The summed E-state index contributed by atoms with van der Waals surface area (Å²) in [6, 6.07) is 9.27. The minimum absolute atomic E-state index is 0.0578. The van der Waals surface area contributed by atoms with Crippen LogP contribution in [0.5, 0.6) is 11.6 Å². The van der Waals surface area contributed by atoms with E-state index >= 15 is 0 Å². The topological polar surface area (TPSA) is 77.2 Å². The Morgan fingerprint density at radius 1 is 1.29 bits per heavy atom. The zero-order chi connectivity index (χ0) is 14.8. The van der Waals surface area contributed by atoms with Crippen LogP contribution in [-0.4, -0.2) is 10.9 Å². The van der Waals surface area contributed by atoms with Crippen molar-refractivity contribution < 1.29 is 9.53 Å². The molecule has 1 atom stereocenters. The summed E-state index contributed by atoms with van der Waals surface area (Å²) in [6.07, 6.45) is 2.92. The Kier molecular flexibility index (Phi) is 3.58. The molecule has 108 valence electrons. The summed E-state index contributed by atoms with van der Waals surface area (Å²) < 4.78 is 5.78. The van der Waals surface area contributed by atoms with Crippen molar-refractivity contribution in [3.63, 3.8) is 0 Å². The number of fused-ring (bicyclic) bond motifs is 1. The quantitative estimate of drug-likeness (QED) is 0.908. The molecule has 3 rings (SSSR count). The van der Waals surface area contributed by atoms with E-state index in [1.165, 1.54) is 0 Å².